The number of anilines is 3. The average molecular weight is 429 g/mol. The first-order valence-corrected chi connectivity index (χ1v) is 10.9. The first-order valence-electron chi connectivity index (χ1n) is 10.1. The average Bonchev–Trinajstić information content (AvgIpc) is 3.41. The first-order chi connectivity index (χ1) is 15.0. The summed E-state index contributed by atoms with van der Waals surface area (Å²) < 4.78 is 3.14. The fourth-order valence-electron chi connectivity index (χ4n) is 4.02. The molecule has 0 amide bonds. The highest BCUT2D eigenvalue weighted by Crippen LogP contribution is 2.30. The smallest absolute Gasteiger partial charge is 0.180 e. The summed E-state index contributed by atoms with van der Waals surface area (Å²) in [6, 6.07) is 14.4. The van der Waals surface area contributed by atoms with Crippen molar-refractivity contribution in [3.63, 3.8) is 0 Å². The molecule has 2 aromatic carbocycles. The van der Waals surface area contributed by atoms with E-state index in [0.29, 0.717) is 18.9 Å². The van der Waals surface area contributed by atoms with Gasteiger partial charge >= 0.3 is 0 Å². The number of hydrogen-bond donors (Lipinski definition) is 2. The zero-order valence-corrected chi connectivity index (χ0v) is 17.7. The molecule has 0 unspecified atom stereocenters. The third-order valence-corrected chi connectivity index (χ3v) is 6.37. The molecule has 154 valence electrons. The molecule has 3 aromatic heterocycles. The lowest BCUT2D eigenvalue weighted by molar-refractivity contribution is 0.0310. The minimum absolute atomic E-state index is 0.588. The van der Waals surface area contributed by atoms with E-state index in [0.717, 1.165) is 38.5 Å². The third kappa shape index (κ3) is 3.30. The molecule has 8 heteroatoms. The zero-order valence-electron chi connectivity index (χ0n) is 16.9. The molecular weight excluding hydrogens is 408 g/mol. The molecule has 0 aliphatic carbocycles. The van der Waals surface area contributed by atoms with Crippen molar-refractivity contribution in [2.45, 2.75) is 12.5 Å². The van der Waals surface area contributed by atoms with Crippen LogP contribution in [0, 0.1) is 0 Å². The van der Waals surface area contributed by atoms with Crippen LogP contribution in [-0.4, -0.2) is 43.1 Å². The molecule has 0 radical (unpaired) electrons. The van der Waals surface area contributed by atoms with Gasteiger partial charge in [-0.1, -0.05) is 6.07 Å². The SMILES string of the molecule is CC1(O)CN(c2ccc(Nc3nc(-c4ccc5scnc5c4)cn4ccnc34)cc2)C1. The normalized spacial score (nSPS) is 15.4. The van der Waals surface area contributed by atoms with Gasteiger partial charge in [0.15, 0.2) is 11.5 Å². The van der Waals surface area contributed by atoms with Crippen molar-refractivity contribution in [3.8, 4) is 11.3 Å². The third-order valence-electron chi connectivity index (χ3n) is 5.56. The number of nitrogens with zero attached hydrogens (tertiary/aromatic N) is 5. The molecule has 1 saturated heterocycles. The summed E-state index contributed by atoms with van der Waals surface area (Å²) in [6.45, 7) is 3.17. The van der Waals surface area contributed by atoms with Crippen LogP contribution in [0.15, 0.2) is 66.6 Å². The molecule has 4 heterocycles. The lowest BCUT2D eigenvalue weighted by atomic mass is 9.96. The Labute approximate surface area is 182 Å². The van der Waals surface area contributed by atoms with E-state index in [2.05, 4.69) is 50.5 Å². The van der Waals surface area contributed by atoms with E-state index in [9.17, 15) is 5.11 Å². The maximum atomic E-state index is 9.97. The molecule has 7 nitrogen and oxygen atoms in total. The van der Waals surface area contributed by atoms with Gasteiger partial charge in [0, 0.05) is 48.6 Å². The fraction of sp³-hybridized carbons (Fsp3) is 0.174. The summed E-state index contributed by atoms with van der Waals surface area (Å²) in [5.74, 6) is 0.695. The Balaban J connectivity index is 1.33. The number of imidazole rings is 1. The molecular formula is C23H20N6OS. The van der Waals surface area contributed by atoms with Gasteiger partial charge in [0.25, 0.3) is 0 Å². The van der Waals surface area contributed by atoms with Crippen molar-refractivity contribution in [1.29, 1.82) is 0 Å². The monoisotopic (exact) mass is 428 g/mol. The minimum Gasteiger partial charge on any atom is -0.386 e. The minimum atomic E-state index is -0.588. The predicted molar refractivity (Wildman–Crippen MR) is 124 cm³/mol. The lowest BCUT2D eigenvalue weighted by Crippen LogP contribution is -2.60. The molecule has 1 aliphatic rings. The van der Waals surface area contributed by atoms with Gasteiger partial charge in [0.2, 0.25) is 0 Å². The van der Waals surface area contributed by atoms with Crippen LogP contribution in [0.3, 0.4) is 0 Å². The Morgan fingerprint density at radius 2 is 1.94 bits per heavy atom. The molecule has 0 atom stereocenters. The number of β-amino-alcohol motifs (C(OH)–C–C–N with tert-alkyl or cyclic N) is 1. The van der Waals surface area contributed by atoms with Crippen LogP contribution in [0.25, 0.3) is 27.1 Å². The van der Waals surface area contributed by atoms with Crippen LogP contribution in [0.1, 0.15) is 6.92 Å². The first kappa shape index (κ1) is 18.3. The molecule has 0 spiro atoms. The molecule has 0 bridgehead atoms. The summed E-state index contributed by atoms with van der Waals surface area (Å²) in [7, 11) is 0. The second-order valence-corrected chi connectivity index (χ2v) is 9.08. The summed E-state index contributed by atoms with van der Waals surface area (Å²) >= 11 is 1.63. The maximum absolute atomic E-state index is 9.97. The van der Waals surface area contributed by atoms with Crippen LogP contribution in [0.4, 0.5) is 17.2 Å². The van der Waals surface area contributed by atoms with Crippen LogP contribution >= 0.6 is 11.3 Å². The standard InChI is InChI=1S/C23H20N6OS/c1-23(30)12-29(13-23)17-5-3-16(4-6-17)26-21-22-24-8-9-28(22)11-19(27-21)15-2-7-20-18(10-15)25-14-31-20/h2-11,14,30H,12-13H2,1H3,(H,26,27). The van der Waals surface area contributed by atoms with Gasteiger partial charge in [-0.15, -0.1) is 11.3 Å². The number of fused-ring (bicyclic) bond motifs is 2. The lowest BCUT2D eigenvalue weighted by Gasteiger charge is -2.45. The van der Waals surface area contributed by atoms with Crippen molar-refractivity contribution < 1.29 is 5.11 Å². The Kier molecular flexibility index (Phi) is 3.99. The van der Waals surface area contributed by atoms with Gasteiger partial charge in [0.1, 0.15) is 0 Å². The van der Waals surface area contributed by atoms with Crippen LogP contribution < -0.4 is 10.2 Å². The van der Waals surface area contributed by atoms with Crippen molar-refractivity contribution in [1.82, 2.24) is 19.4 Å². The molecule has 31 heavy (non-hydrogen) atoms. The van der Waals surface area contributed by atoms with Crippen LogP contribution in [0.2, 0.25) is 0 Å². The van der Waals surface area contributed by atoms with E-state index in [-0.39, 0.29) is 0 Å². The zero-order chi connectivity index (χ0) is 21.0. The van der Waals surface area contributed by atoms with Crippen molar-refractivity contribution in [2.24, 2.45) is 0 Å². The van der Waals surface area contributed by atoms with Gasteiger partial charge in [-0.25, -0.2) is 15.0 Å². The van der Waals surface area contributed by atoms with Gasteiger partial charge in [-0.05, 0) is 43.3 Å². The number of aliphatic hydroxyl groups is 1. The highest BCUT2D eigenvalue weighted by Gasteiger charge is 2.36. The van der Waals surface area contributed by atoms with Gasteiger partial charge in [-0.2, -0.15) is 0 Å². The summed E-state index contributed by atoms with van der Waals surface area (Å²) in [6.07, 6.45) is 5.68. The summed E-state index contributed by atoms with van der Waals surface area (Å²) in [5.41, 5.74) is 6.90. The molecule has 6 rings (SSSR count). The van der Waals surface area contributed by atoms with E-state index in [1.54, 1.807) is 17.5 Å². The second-order valence-electron chi connectivity index (χ2n) is 8.19. The van der Waals surface area contributed by atoms with Gasteiger partial charge < -0.3 is 19.7 Å². The Morgan fingerprint density at radius 3 is 2.74 bits per heavy atom. The van der Waals surface area contributed by atoms with Gasteiger partial charge in [-0.3, -0.25) is 0 Å². The Bertz CT molecular complexity index is 1400. The molecule has 2 N–H and O–H groups in total. The number of aromatic nitrogens is 4. The molecule has 5 aromatic rings. The van der Waals surface area contributed by atoms with E-state index in [1.165, 1.54) is 0 Å². The van der Waals surface area contributed by atoms with Crippen molar-refractivity contribution in [2.75, 3.05) is 23.3 Å². The summed E-state index contributed by atoms with van der Waals surface area (Å²) in [4.78, 5) is 15.9. The predicted octanol–water partition coefficient (Wildman–Crippen LogP) is 4.32. The van der Waals surface area contributed by atoms with E-state index in [1.807, 2.05) is 41.4 Å². The second kappa shape index (κ2) is 6.76. The van der Waals surface area contributed by atoms with Gasteiger partial charge in [0.05, 0.1) is 27.0 Å². The topological polar surface area (TPSA) is 78.6 Å². The molecule has 1 fully saturated rings. The van der Waals surface area contributed by atoms with Crippen molar-refractivity contribution >= 4 is 44.4 Å². The molecule has 1 aliphatic heterocycles. The number of hydrogen-bond acceptors (Lipinski definition) is 7. The Hall–Kier alpha value is -3.49. The van der Waals surface area contributed by atoms with Crippen LogP contribution in [-0.2, 0) is 0 Å². The Morgan fingerprint density at radius 1 is 1.10 bits per heavy atom. The number of thiazole rings is 1. The van der Waals surface area contributed by atoms with E-state index in [4.69, 9.17) is 4.98 Å². The maximum Gasteiger partial charge on any atom is 0.180 e. The van der Waals surface area contributed by atoms with Crippen molar-refractivity contribution in [3.05, 3.63) is 66.6 Å². The quantitative estimate of drug-likeness (QED) is 0.444. The largest absolute Gasteiger partial charge is 0.386 e. The van der Waals surface area contributed by atoms with E-state index < -0.39 is 5.60 Å². The highest BCUT2D eigenvalue weighted by atomic mass is 32.1. The highest BCUT2D eigenvalue weighted by molar-refractivity contribution is 7.16. The number of benzene rings is 2. The number of rotatable bonds is 4. The summed E-state index contributed by atoms with van der Waals surface area (Å²) in [5, 5.41) is 13.4. The fourth-order valence-corrected chi connectivity index (χ4v) is 4.68. The molecule has 0 saturated carbocycles. The van der Waals surface area contributed by atoms with Crippen LogP contribution in [0.5, 0.6) is 0 Å². The van der Waals surface area contributed by atoms with E-state index >= 15 is 0 Å². The number of nitrogens with one attached hydrogen (secondary N) is 1.